The lowest BCUT2D eigenvalue weighted by atomic mass is 9.99. The number of halogens is 1. The minimum Gasteiger partial charge on any atom is -0.363 e. The fourth-order valence-electron chi connectivity index (χ4n) is 6.37. The molecule has 6 heterocycles. The third-order valence-corrected chi connectivity index (χ3v) is 8.29. The van der Waals surface area contributed by atoms with Gasteiger partial charge in [-0.05, 0) is 55.4 Å². The van der Waals surface area contributed by atoms with Gasteiger partial charge < -0.3 is 4.90 Å². The summed E-state index contributed by atoms with van der Waals surface area (Å²) < 4.78 is 17.5. The van der Waals surface area contributed by atoms with E-state index in [1.807, 2.05) is 53.2 Å². The minimum absolute atomic E-state index is 0.211. The van der Waals surface area contributed by atoms with Crippen LogP contribution < -0.4 is 4.90 Å². The molecule has 0 aliphatic carbocycles. The number of H-pyrrole nitrogens is 1. The Bertz CT molecular complexity index is 1860. The van der Waals surface area contributed by atoms with E-state index in [4.69, 9.17) is 10.1 Å². The highest BCUT2D eigenvalue weighted by atomic mass is 19.1. The number of piperazine rings is 1. The summed E-state index contributed by atoms with van der Waals surface area (Å²) in [6.07, 6.45) is 8.20. The maximum absolute atomic E-state index is 15.6. The lowest BCUT2D eigenvalue weighted by molar-refractivity contribution is 0.292. The van der Waals surface area contributed by atoms with E-state index in [1.165, 1.54) is 0 Å². The van der Waals surface area contributed by atoms with Gasteiger partial charge in [-0.1, -0.05) is 18.2 Å². The Morgan fingerprint density at radius 3 is 2.64 bits per heavy atom. The van der Waals surface area contributed by atoms with Crippen LogP contribution in [0.2, 0.25) is 0 Å². The number of anilines is 1. The summed E-state index contributed by atoms with van der Waals surface area (Å²) in [6, 6.07) is 18.2. The van der Waals surface area contributed by atoms with Gasteiger partial charge in [-0.2, -0.15) is 10.2 Å². The standard InChI is InChI=1S/C30H25FN8/c1-37-16-21-14-20(37)17-38(21)27-6-5-19(13-24(27)31)26-9-12-33-30-28(22-3-2-4-25-23(22)15-34-35-25)29(36-39(26)30)18-7-10-32-11-8-18/h2-13,15,20-21H,14,16-17H2,1H3,(H,34,35)/t20-,21-/m0/s1. The molecule has 2 aliphatic rings. The number of benzene rings is 2. The van der Waals surface area contributed by atoms with E-state index in [9.17, 15) is 0 Å². The molecule has 8 rings (SSSR count). The zero-order valence-corrected chi connectivity index (χ0v) is 21.3. The van der Waals surface area contributed by atoms with Crippen molar-refractivity contribution in [2.45, 2.75) is 18.5 Å². The molecule has 0 spiro atoms. The number of nitrogens with one attached hydrogen (secondary N) is 1. The third-order valence-electron chi connectivity index (χ3n) is 8.29. The van der Waals surface area contributed by atoms with Crippen molar-refractivity contribution in [1.82, 2.24) is 34.7 Å². The second-order valence-electron chi connectivity index (χ2n) is 10.5. The number of likely N-dealkylation sites (N-methyl/N-ethyl adjacent to an activating group) is 1. The number of hydrogen-bond acceptors (Lipinski definition) is 6. The van der Waals surface area contributed by atoms with Crippen molar-refractivity contribution in [3.8, 4) is 33.6 Å². The van der Waals surface area contributed by atoms with Crippen molar-refractivity contribution >= 4 is 22.2 Å². The predicted molar refractivity (Wildman–Crippen MR) is 149 cm³/mol. The van der Waals surface area contributed by atoms with Gasteiger partial charge in [0.15, 0.2) is 5.65 Å². The van der Waals surface area contributed by atoms with Crippen molar-refractivity contribution in [2.24, 2.45) is 0 Å². The van der Waals surface area contributed by atoms with Crippen LogP contribution in [0.25, 0.3) is 50.2 Å². The van der Waals surface area contributed by atoms with E-state index in [0.717, 1.165) is 64.1 Å². The first kappa shape index (κ1) is 22.4. The second-order valence-corrected chi connectivity index (χ2v) is 10.5. The zero-order valence-electron chi connectivity index (χ0n) is 21.3. The molecule has 2 fully saturated rings. The summed E-state index contributed by atoms with van der Waals surface area (Å²) in [5.41, 5.74) is 7.40. The lowest BCUT2D eigenvalue weighted by Gasteiger charge is -2.33. The Kier molecular flexibility index (Phi) is 4.84. The lowest BCUT2D eigenvalue weighted by Crippen LogP contribution is -2.44. The van der Waals surface area contributed by atoms with Gasteiger partial charge in [0.05, 0.1) is 28.7 Å². The molecule has 4 aromatic heterocycles. The van der Waals surface area contributed by atoms with Crippen molar-refractivity contribution in [2.75, 3.05) is 25.0 Å². The second kappa shape index (κ2) is 8.44. The van der Waals surface area contributed by atoms with E-state index < -0.39 is 0 Å². The molecule has 39 heavy (non-hydrogen) atoms. The van der Waals surface area contributed by atoms with Crippen molar-refractivity contribution < 1.29 is 4.39 Å². The largest absolute Gasteiger partial charge is 0.363 e. The molecular formula is C30H25FN8. The van der Waals surface area contributed by atoms with Crippen molar-refractivity contribution in [1.29, 1.82) is 0 Å². The molecule has 0 saturated carbocycles. The van der Waals surface area contributed by atoms with Crippen LogP contribution in [0.3, 0.4) is 0 Å². The summed E-state index contributed by atoms with van der Waals surface area (Å²) >= 11 is 0. The molecule has 2 saturated heterocycles. The maximum atomic E-state index is 15.6. The molecule has 0 unspecified atom stereocenters. The van der Waals surface area contributed by atoms with Crippen LogP contribution in [0.4, 0.5) is 10.1 Å². The number of rotatable bonds is 4. The van der Waals surface area contributed by atoms with Gasteiger partial charge in [-0.25, -0.2) is 13.9 Å². The topological polar surface area (TPSA) is 78.2 Å². The molecule has 2 aromatic carbocycles. The van der Waals surface area contributed by atoms with Crippen LogP contribution in [-0.4, -0.2) is 66.9 Å². The highest BCUT2D eigenvalue weighted by Crippen LogP contribution is 2.40. The molecule has 2 aliphatic heterocycles. The average molecular weight is 517 g/mol. The Morgan fingerprint density at radius 1 is 0.949 bits per heavy atom. The molecule has 192 valence electrons. The summed E-state index contributed by atoms with van der Waals surface area (Å²) in [7, 11) is 2.15. The van der Waals surface area contributed by atoms with Crippen LogP contribution in [0.15, 0.2) is 79.4 Å². The quantitative estimate of drug-likeness (QED) is 0.354. The fraction of sp³-hybridized carbons (Fsp3) is 0.200. The van der Waals surface area contributed by atoms with Gasteiger partial charge in [0.25, 0.3) is 0 Å². The average Bonchev–Trinajstić information content (AvgIpc) is 3.75. The molecule has 2 atom stereocenters. The van der Waals surface area contributed by atoms with Crippen molar-refractivity contribution in [3.05, 3.63) is 85.2 Å². The predicted octanol–water partition coefficient (Wildman–Crippen LogP) is 5.03. The Hall–Kier alpha value is -4.63. The summed E-state index contributed by atoms with van der Waals surface area (Å²) in [5.74, 6) is -0.211. The number of hydrogen-bond donors (Lipinski definition) is 1. The van der Waals surface area contributed by atoms with Gasteiger partial charge in [-0.3, -0.25) is 15.0 Å². The van der Waals surface area contributed by atoms with Crippen LogP contribution in [0, 0.1) is 5.82 Å². The SMILES string of the molecule is CN1C[C@@H]2C[C@H]1CN2c1ccc(-c2ccnc3c(-c4cccc5[nH]ncc45)c(-c4ccncc4)nn23)cc1F. The monoisotopic (exact) mass is 516 g/mol. The molecule has 6 aromatic rings. The number of aromatic amines is 1. The smallest absolute Gasteiger partial charge is 0.164 e. The molecule has 0 amide bonds. The number of aromatic nitrogens is 6. The summed E-state index contributed by atoms with van der Waals surface area (Å²) in [6.45, 7) is 1.85. The Labute approximate surface area is 223 Å². The molecule has 2 bridgehead atoms. The number of likely N-dealkylation sites (tertiary alicyclic amines) is 1. The molecule has 9 heteroatoms. The van der Waals surface area contributed by atoms with Gasteiger partial charge in [0, 0.05) is 60.3 Å². The molecule has 1 N–H and O–H groups in total. The summed E-state index contributed by atoms with van der Waals surface area (Å²) in [5, 5.41) is 13.4. The Balaban J connectivity index is 1.30. The first-order valence-corrected chi connectivity index (χ1v) is 13.1. The Morgan fingerprint density at radius 2 is 1.85 bits per heavy atom. The van der Waals surface area contributed by atoms with Gasteiger partial charge in [-0.15, -0.1) is 0 Å². The van der Waals surface area contributed by atoms with Crippen LogP contribution in [0.1, 0.15) is 6.42 Å². The first-order valence-electron chi connectivity index (χ1n) is 13.1. The fourth-order valence-corrected chi connectivity index (χ4v) is 6.37. The highest BCUT2D eigenvalue weighted by Gasteiger charge is 2.42. The maximum Gasteiger partial charge on any atom is 0.164 e. The van der Waals surface area contributed by atoms with E-state index in [2.05, 4.69) is 38.1 Å². The van der Waals surface area contributed by atoms with Gasteiger partial charge >= 0.3 is 0 Å². The number of fused-ring (bicyclic) bond motifs is 4. The van der Waals surface area contributed by atoms with E-state index in [0.29, 0.717) is 23.4 Å². The van der Waals surface area contributed by atoms with E-state index >= 15 is 4.39 Å². The van der Waals surface area contributed by atoms with Crippen LogP contribution in [-0.2, 0) is 0 Å². The molecule has 0 radical (unpaired) electrons. The van der Waals surface area contributed by atoms with E-state index in [-0.39, 0.29) is 5.82 Å². The number of nitrogens with zero attached hydrogens (tertiary/aromatic N) is 7. The summed E-state index contributed by atoms with van der Waals surface area (Å²) in [4.78, 5) is 13.6. The minimum atomic E-state index is -0.211. The van der Waals surface area contributed by atoms with Gasteiger partial charge in [0.2, 0.25) is 0 Å². The third kappa shape index (κ3) is 3.39. The highest BCUT2D eigenvalue weighted by molar-refractivity contribution is 6.02. The first-order chi connectivity index (χ1) is 19.2. The van der Waals surface area contributed by atoms with Crippen molar-refractivity contribution in [3.63, 3.8) is 0 Å². The normalized spacial score (nSPS) is 19.1. The van der Waals surface area contributed by atoms with Gasteiger partial charge in [0.1, 0.15) is 11.5 Å². The van der Waals surface area contributed by atoms with Crippen LogP contribution >= 0.6 is 0 Å². The van der Waals surface area contributed by atoms with E-state index in [1.54, 1.807) is 24.7 Å². The molecular weight excluding hydrogens is 491 g/mol. The molecule has 8 nitrogen and oxygen atoms in total. The zero-order chi connectivity index (χ0) is 26.1. The van der Waals surface area contributed by atoms with Crippen LogP contribution in [0.5, 0.6) is 0 Å². The number of pyridine rings is 1.